The molecule has 1 rings (SSSR count). The molecule has 0 saturated heterocycles. The maximum atomic E-state index is 8.97. The average molecular weight is 152 g/mol. The van der Waals surface area contributed by atoms with Crippen molar-refractivity contribution < 1.29 is 5.11 Å². The number of rotatable bonds is 2. The van der Waals surface area contributed by atoms with Gasteiger partial charge >= 0.3 is 0 Å². The fourth-order valence-corrected chi connectivity index (χ4v) is 1.58. The van der Waals surface area contributed by atoms with Crippen molar-refractivity contribution in [2.24, 2.45) is 11.8 Å². The van der Waals surface area contributed by atoms with Gasteiger partial charge in [-0.05, 0) is 24.7 Å². The van der Waals surface area contributed by atoms with Gasteiger partial charge in [-0.3, -0.25) is 0 Å². The van der Waals surface area contributed by atoms with E-state index >= 15 is 0 Å². The molecule has 11 heavy (non-hydrogen) atoms. The second kappa shape index (κ2) is 3.72. The van der Waals surface area contributed by atoms with Crippen LogP contribution in [-0.2, 0) is 0 Å². The zero-order chi connectivity index (χ0) is 8.27. The van der Waals surface area contributed by atoms with Gasteiger partial charge in [-0.1, -0.05) is 31.2 Å². The molecule has 0 saturated carbocycles. The highest BCUT2D eigenvalue weighted by atomic mass is 16.3. The molecule has 1 nitrogen and oxygen atoms in total. The zero-order valence-corrected chi connectivity index (χ0v) is 7.09. The first kappa shape index (κ1) is 8.54. The predicted molar refractivity (Wildman–Crippen MR) is 47.3 cm³/mol. The number of allylic oxidation sites excluding steroid dienone is 3. The number of hydrogen-bond acceptors (Lipinski definition) is 1. The zero-order valence-electron chi connectivity index (χ0n) is 7.09. The summed E-state index contributed by atoms with van der Waals surface area (Å²) in [5.74, 6) is 1.08. The molecule has 0 aromatic rings. The van der Waals surface area contributed by atoms with Gasteiger partial charge in [-0.25, -0.2) is 0 Å². The van der Waals surface area contributed by atoms with Gasteiger partial charge in [0, 0.05) is 6.61 Å². The Bertz CT molecular complexity index is 170. The first-order chi connectivity index (χ1) is 5.27. The Morgan fingerprint density at radius 1 is 1.82 bits per heavy atom. The van der Waals surface area contributed by atoms with Gasteiger partial charge in [0.05, 0.1) is 0 Å². The SMILES string of the molecule is C=CC1=CC[C@H](CO)[C@@H](C)C1. The van der Waals surface area contributed by atoms with Gasteiger partial charge in [0.2, 0.25) is 0 Å². The summed E-state index contributed by atoms with van der Waals surface area (Å²) >= 11 is 0. The van der Waals surface area contributed by atoms with E-state index in [1.54, 1.807) is 0 Å². The number of aliphatic hydroxyl groups is 1. The van der Waals surface area contributed by atoms with Crippen LogP contribution in [0.5, 0.6) is 0 Å². The molecule has 1 aliphatic carbocycles. The molecular formula is C10H16O. The molecule has 1 N–H and O–H groups in total. The minimum absolute atomic E-state index is 0.322. The van der Waals surface area contributed by atoms with Crippen molar-refractivity contribution in [1.29, 1.82) is 0 Å². The molecule has 2 atom stereocenters. The Balaban J connectivity index is 2.58. The van der Waals surface area contributed by atoms with Gasteiger partial charge in [0.15, 0.2) is 0 Å². The summed E-state index contributed by atoms with van der Waals surface area (Å²) < 4.78 is 0. The van der Waals surface area contributed by atoms with Crippen LogP contribution >= 0.6 is 0 Å². The molecule has 0 spiro atoms. The largest absolute Gasteiger partial charge is 0.396 e. The smallest absolute Gasteiger partial charge is 0.0464 e. The topological polar surface area (TPSA) is 20.2 Å². The third-order valence-electron chi connectivity index (χ3n) is 2.54. The molecule has 0 aromatic carbocycles. The number of hydrogen-bond donors (Lipinski definition) is 1. The Kier molecular flexibility index (Phi) is 2.89. The fourth-order valence-electron chi connectivity index (χ4n) is 1.58. The Hall–Kier alpha value is -0.560. The van der Waals surface area contributed by atoms with E-state index in [9.17, 15) is 0 Å². The van der Waals surface area contributed by atoms with Gasteiger partial charge < -0.3 is 5.11 Å². The van der Waals surface area contributed by atoms with E-state index in [4.69, 9.17) is 5.11 Å². The fraction of sp³-hybridized carbons (Fsp3) is 0.600. The highest BCUT2D eigenvalue weighted by Crippen LogP contribution is 2.29. The highest BCUT2D eigenvalue weighted by Gasteiger charge is 2.19. The lowest BCUT2D eigenvalue weighted by Crippen LogP contribution is -2.19. The van der Waals surface area contributed by atoms with E-state index in [2.05, 4.69) is 19.6 Å². The quantitative estimate of drug-likeness (QED) is 0.642. The van der Waals surface area contributed by atoms with Crippen molar-refractivity contribution >= 4 is 0 Å². The second-order valence-electron chi connectivity index (χ2n) is 3.34. The van der Waals surface area contributed by atoms with E-state index in [1.807, 2.05) is 6.08 Å². The summed E-state index contributed by atoms with van der Waals surface area (Å²) in [4.78, 5) is 0. The van der Waals surface area contributed by atoms with E-state index in [0.29, 0.717) is 18.4 Å². The van der Waals surface area contributed by atoms with Crippen LogP contribution in [0.4, 0.5) is 0 Å². The molecule has 1 heteroatoms. The first-order valence-electron chi connectivity index (χ1n) is 4.20. The van der Waals surface area contributed by atoms with Crippen LogP contribution in [-0.4, -0.2) is 11.7 Å². The van der Waals surface area contributed by atoms with Crippen LogP contribution in [0.15, 0.2) is 24.3 Å². The summed E-state index contributed by atoms with van der Waals surface area (Å²) in [6.07, 6.45) is 6.20. The molecule has 0 aliphatic heterocycles. The van der Waals surface area contributed by atoms with Crippen molar-refractivity contribution in [2.45, 2.75) is 19.8 Å². The molecule has 0 fully saturated rings. The lowest BCUT2D eigenvalue weighted by Gasteiger charge is -2.25. The van der Waals surface area contributed by atoms with Crippen LogP contribution in [0.1, 0.15) is 19.8 Å². The summed E-state index contributed by atoms with van der Waals surface area (Å²) in [6, 6.07) is 0. The third kappa shape index (κ3) is 1.93. The molecule has 0 unspecified atom stereocenters. The van der Waals surface area contributed by atoms with Crippen LogP contribution in [0, 0.1) is 11.8 Å². The van der Waals surface area contributed by atoms with E-state index in [1.165, 1.54) is 5.57 Å². The summed E-state index contributed by atoms with van der Waals surface area (Å²) in [7, 11) is 0. The van der Waals surface area contributed by atoms with Crippen molar-refractivity contribution in [3.63, 3.8) is 0 Å². The molecule has 0 heterocycles. The van der Waals surface area contributed by atoms with Gasteiger partial charge in [-0.2, -0.15) is 0 Å². The van der Waals surface area contributed by atoms with Crippen molar-refractivity contribution in [3.05, 3.63) is 24.3 Å². The van der Waals surface area contributed by atoms with Crippen LogP contribution < -0.4 is 0 Å². The van der Waals surface area contributed by atoms with Crippen molar-refractivity contribution in [2.75, 3.05) is 6.61 Å². The Morgan fingerprint density at radius 2 is 2.55 bits per heavy atom. The summed E-state index contributed by atoms with van der Waals surface area (Å²) in [5.41, 5.74) is 1.34. The first-order valence-corrected chi connectivity index (χ1v) is 4.20. The minimum atomic E-state index is 0.322. The lowest BCUT2D eigenvalue weighted by atomic mass is 9.81. The van der Waals surface area contributed by atoms with Gasteiger partial charge in [-0.15, -0.1) is 0 Å². The molecule has 62 valence electrons. The lowest BCUT2D eigenvalue weighted by molar-refractivity contribution is 0.178. The molecule has 0 bridgehead atoms. The van der Waals surface area contributed by atoms with E-state index in [0.717, 1.165) is 12.8 Å². The van der Waals surface area contributed by atoms with Crippen molar-refractivity contribution in [1.82, 2.24) is 0 Å². The van der Waals surface area contributed by atoms with Crippen LogP contribution in [0.2, 0.25) is 0 Å². The van der Waals surface area contributed by atoms with Gasteiger partial charge in [0.25, 0.3) is 0 Å². The second-order valence-corrected chi connectivity index (χ2v) is 3.34. The average Bonchev–Trinajstić information content (AvgIpc) is 2.04. The molecule has 0 amide bonds. The van der Waals surface area contributed by atoms with Gasteiger partial charge in [0.1, 0.15) is 0 Å². The standard InChI is InChI=1S/C10H16O/c1-3-9-4-5-10(7-11)8(2)6-9/h3-4,8,10-11H,1,5-7H2,2H3/t8-,10+/m0/s1. The third-order valence-corrected chi connectivity index (χ3v) is 2.54. The normalized spacial score (nSPS) is 31.3. The molecule has 1 aliphatic rings. The highest BCUT2D eigenvalue weighted by molar-refractivity contribution is 5.19. The Morgan fingerprint density at radius 3 is 3.00 bits per heavy atom. The predicted octanol–water partition coefficient (Wildman–Crippen LogP) is 2.14. The maximum absolute atomic E-state index is 8.97. The summed E-state index contributed by atoms with van der Waals surface area (Å²) in [5, 5.41) is 8.97. The van der Waals surface area contributed by atoms with Crippen LogP contribution in [0.3, 0.4) is 0 Å². The van der Waals surface area contributed by atoms with E-state index in [-0.39, 0.29) is 0 Å². The van der Waals surface area contributed by atoms with Crippen LogP contribution in [0.25, 0.3) is 0 Å². The summed E-state index contributed by atoms with van der Waals surface area (Å²) in [6.45, 7) is 6.25. The molecule has 0 radical (unpaired) electrons. The minimum Gasteiger partial charge on any atom is -0.396 e. The Labute approximate surface area is 68.4 Å². The maximum Gasteiger partial charge on any atom is 0.0464 e. The van der Waals surface area contributed by atoms with Crippen molar-refractivity contribution in [3.8, 4) is 0 Å². The number of aliphatic hydroxyl groups excluding tert-OH is 1. The molecular weight excluding hydrogens is 136 g/mol. The van der Waals surface area contributed by atoms with E-state index < -0.39 is 0 Å². The molecule has 0 aromatic heterocycles. The monoisotopic (exact) mass is 152 g/mol.